The monoisotopic (exact) mass is 756 g/mol. The van der Waals surface area contributed by atoms with Crippen molar-refractivity contribution < 1.29 is 4.42 Å². The van der Waals surface area contributed by atoms with Crippen LogP contribution in [-0.2, 0) is 6.42 Å². The number of fused-ring (bicyclic) bond motifs is 6. The van der Waals surface area contributed by atoms with Crippen LogP contribution in [0.4, 0.5) is 0 Å². The van der Waals surface area contributed by atoms with Gasteiger partial charge in [-0.15, -0.1) is 0 Å². The Balaban J connectivity index is 1.06. The molecule has 8 aromatic carbocycles. The third-order valence-electron chi connectivity index (χ3n) is 12.0. The average Bonchev–Trinajstić information content (AvgIpc) is 3.81. The van der Waals surface area contributed by atoms with Crippen LogP contribution in [0, 0.1) is 5.92 Å². The molecule has 1 aromatic heterocycles. The van der Waals surface area contributed by atoms with Gasteiger partial charge in [-0.05, 0) is 110 Å². The largest absolute Gasteiger partial charge is 0.456 e. The molecular formula is C56H40N2O. The first kappa shape index (κ1) is 34.9. The summed E-state index contributed by atoms with van der Waals surface area (Å²) in [6.45, 7) is 2.23. The van der Waals surface area contributed by atoms with E-state index >= 15 is 0 Å². The fraction of sp³-hybridized carbons (Fsp3) is 0.0714. The molecule has 59 heavy (non-hydrogen) atoms. The van der Waals surface area contributed by atoms with Crippen LogP contribution in [0.1, 0.15) is 41.2 Å². The van der Waals surface area contributed by atoms with E-state index in [2.05, 4.69) is 189 Å². The summed E-state index contributed by atoms with van der Waals surface area (Å²) in [7, 11) is 0. The normalized spacial score (nSPS) is 14.7. The van der Waals surface area contributed by atoms with Crippen LogP contribution < -0.4 is 0 Å². The molecule has 0 radical (unpaired) electrons. The molecule has 1 aliphatic carbocycles. The van der Waals surface area contributed by atoms with Crippen LogP contribution in [0.3, 0.4) is 0 Å². The molecule has 280 valence electrons. The number of aliphatic imine (C=N–C) groups is 2. The number of hydrogen-bond acceptors (Lipinski definition) is 3. The number of benzene rings is 8. The van der Waals surface area contributed by atoms with E-state index in [1.54, 1.807) is 0 Å². The summed E-state index contributed by atoms with van der Waals surface area (Å²) in [4.78, 5) is 10.6. The van der Waals surface area contributed by atoms with E-state index in [4.69, 9.17) is 14.4 Å². The highest BCUT2D eigenvalue weighted by molar-refractivity contribution is 6.18. The van der Waals surface area contributed by atoms with Gasteiger partial charge in [0.25, 0.3) is 0 Å². The second-order valence-corrected chi connectivity index (χ2v) is 15.5. The van der Waals surface area contributed by atoms with Crippen LogP contribution in [0.25, 0.3) is 72.1 Å². The van der Waals surface area contributed by atoms with Crippen LogP contribution in [0.2, 0.25) is 0 Å². The second kappa shape index (κ2) is 14.5. The number of rotatable bonds is 7. The molecule has 0 bridgehead atoms. The Morgan fingerprint density at radius 1 is 0.475 bits per heavy atom. The number of hydrogen-bond donors (Lipinski definition) is 0. The summed E-state index contributed by atoms with van der Waals surface area (Å²) in [5, 5.41) is 2.22. The first-order valence-corrected chi connectivity index (χ1v) is 20.6. The molecule has 9 aromatic rings. The molecular weight excluding hydrogens is 717 g/mol. The fourth-order valence-corrected chi connectivity index (χ4v) is 9.17. The number of furan rings is 1. The van der Waals surface area contributed by atoms with E-state index in [1.807, 2.05) is 12.1 Å². The van der Waals surface area contributed by atoms with Crippen molar-refractivity contribution >= 4 is 39.2 Å². The summed E-state index contributed by atoms with van der Waals surface area (Å²) in [6, 6.07) is 67.1. The Hall–Kier alpha value is -7.36. The quantitative estimate of drug-likeness (QED) is 0.160. The minimum absolute atomic E-state index is 0.0663. The van der Waals surface area contributed by atoms with Crippen LogP contribution in [-0.4, -0.2) is 11.5 Å². The van der Waals surface area contributed by atoms with Crippen LogP contribution >= 0.6 is 0 Å². The Morgan fingerprint density at radius 3 is 1.93 bits per heavy atom. The summed E-state index contributed by atoms with van der Waals surface area (Å²) in [6.07, 6.45) is 4.14. The van der Waals surface area contributed by atoms with Gasteiger partial charge in [-0.25, -0.2) is 9.98 Å². The lowest BCUT2D eigenvalue weighted by Crippen LogP contribution is -2.15. The molecule has 1 aliphatic heterocycles. The molecule has 2 aliphatic rings. The molecule has 3 heteroatoms. The van der Waals surface area contributed by atoms with Gasteiger partial charge in [0.2, 0.25) is 0 Å². The van der Waals surface area contributed by atoms with Crippen molar-refractivity contribution in [2.24, 2.45) is 15.9 Å². The zero-order valence-corrected chi connectivity index (χ0v) is 32.8. The first-order chi connectivity index (χ1) is 29.2. The average molecular weight is 757 g/mol. The summed E-state index contributed by atoms with van der Waals surface area (Å²) >= 11 is 0. The van der Waals surface area contributed by atoms with Crippen molar-refractivity contribution in [1.82, 2.24) is 0 Å². The predicted molar refractivity (Wildman–Crippen MR) is 246 cm³/mol. The van der Waals surface area contributed by atoms with E-state index < -0.39 is 0 Å². The highest BCUT2D eigenvalue weighted by Crippen LogP contribution is 2.48. The van der Waals surface area contributed by atoms with E-state index in [9.17, 15) is 0 Å². The van der Waals surface area contributed by atoms with Crippen molar-refractivity contribution in [3.63, 3.8) is 0 Å². The van der Waals surface area contributed by atoms with Gasteiger partial charge in [0.05, 0.1) is 11.4 Å². The van der Waals surface area contributed by atoms with Gasteiger partial charge >= 0.3 is 0 Å². The highest BCUT2D eigenvalue weighted by atomic mass is 16.3. The summed E-state index contributed by atoms with van der Waals surface area (Å²) < 4.78 is 6.61. The third-order valence-corrected chi connectivity index (χ3v) is 12.0. The Labute approximate surface area is 344 Å². The minimum atomic E-state index is 0.0663. The topological polar surface area (TPSA) is 37.9 Å². The van der Waals surface area contributed by atoms with Crippen LogP contribution in [0.5, 0.6) is 0 Å². The van der Waals surface area contributed by atoms with Gasteiger partial charge in [-0.3, -0.25) is 0 Å². The molecule has 0 amide bonds. The van der Waals surface area contributed by atoms with Gasteiger partial charge in [-0.2, -0.15) is 0 Å². The van der Waals surface area contributed by atoms with E-state index in [0.717, 1.165) is 79.8 Å². The number of nitrogens with zero attached hydrogens (tertiary/aromatic N) is 2. The third kappa shape index (κ3) is 6.14. The second-order valence-electron chi connectivity index (χ2n) is 15.5. The summed E-state index contributed by atoms with van der Waals surface area (Å²) in [5.74, 6) is 0.786. The lowest BCUT2D eigenvalue weighted by molar-refractivity contribution is 0.669. The maximum atomic E-state index is 6.61. The molecule has 0 saturated heterocycles. The lowest BCUT2D eigenvalue weighted by Gasteiger charge is -2.17. The minimum Gasteiger partial charge on any atom is -0.456 e. The number of amidine groups is 1. The zero-order chi connectivity index (χ0) is 39.3. The van der Waals surface area contributed by atoms with Gasteiger partial charge in [0.1, 0.15) is 11.2 Å². The maximum Gasteiger partial charge on any atom is 0.160 e. The molecule has 0 fully saturated rings. The van der Waals surface area contributed by atoms with Crippen molar-refractivity contribution in [1.29, 1.82) is 0 Å². The fourth-order valence-electron chi connectivity index (χ4n) is 9.17. The zero-order valence-electron chi connectivity index (χ0n) is 32.8. The summed E-state index contributed by atoms with van der Waals surface area (Å²) in [5.41, 5.74) is 19.5. The standard InChI is InChI=1S/C56H40N2O/c1-2-36-35-49(37-16-6-3-7-17-37)57-56(39-20-10-5-11-21-39)58-55(36)44-24-14-23-41(33-44)46-26-15-27-51-54(46)48-34-42(29-31-50(48)59-51)47-30-28-43-32-40-22-12-13-25-45(40)53(43)52(47)38-18-8-4-9-19-38/h3-31,33-36H,2,32H2,1H3. The van der Waals surface area contributed by atoms with E-state index in [1.165, 1.54) is 44.5 Å². The molecule has 3 nitrogen and oxygen atoms in total. The SMILES string of the molecule is CCC1C=C(c2ccccc2)N=C(c2ccccc2)N=C1c1cccc(-c2cccc3oc4ccc(-c5ccc6c(c5-c5ccccc5)-c5ccccc5C6)cc4c23)c1. The predicted octanol–water partition coefficient (Wildman–Crippen LogP) is 14.5. The molecule has 0 saturated carbocycles. The lowest BCUT2D eigenvalue weighted by atomic mass is 9.86. The Morgan fingerprint density at radius 2 is 1.14 bits per heavy atom. The maximum absolute atomic E-state index is 6.61. The Bertz CT molecular complexity index is 3150. The number of allylic oxidation sites excluding steroid dienone is 1. The highest BCUT2D eigenvalue weighted by Gasteiger charge is 2.26. The van der Waals surface area contributed by atoms with Gasteiger partial charge in [0.15, 0.2) is 5.84 Å². The molecule has 11 rings (SSSR count). The van der Waals surface area contributed by atoms with Crippen molar-refractivity contribution in [2.75, 3.05) is 0 Å². The van der Waals surface area contributed by atoms with E-state index in [-0.39, 0.29) is 5.92 Å². The van der Waals surface area contributed by atoms with Crippen molar-refractivity contribution in [3.05, 3.63) is 222 Å². The molecule has 0 spiro atoms. The van der Waals surface area contributed by atoms with Crippen molar-refractivity contribution in [3.8, 4) is 44.5 Å². The molecule has 1 atom stereocenters. The molecule has 1 unspecified atom stereocenters. The van der Waals surface area contributed by atoms with Crippen molar-refractivity contribution in [2.45, 2.75) is 19.8 Å². The van der Waals surface area contributed by atoms with Gasteiger partial charge < -0.3 is 4.42 Å². The van der Waals surface area contributed by atoms with E-state index in [0.29, 0.717) is 0 Å². The smallest absolute Gasteiger partial charge is 0.160 e. The Kier molecular flexibility index (Phi) is 8.59. The van der Waals surface area contributed by atoms with Gasteiger partial charge in [-0.1, -0.05) is 171 Å². The van der Waals surface area contributed by atoms with Gasteiger partial charge in [0, 0.05) is 22.3 Å². The van der Waals surface area contributed by atoms with Crippen LogP contribution in [0.15, 0.2) is 209 Å². The molecule has 0 N–H and O–H groups in total. The molecule has 2 heterocycles. The first-order valence-electron chi connectivity index (χ1n) is 20.6.